The number of nitrogens with one attached hydrogen (secondary N) is 1. The van der Waals surface area contributed by atoms with Crippen LogP contribution in [0.2, 0.25) is 0 Å². The normalized spacial score (nSPS) is 25.3. The highest BCUT2D eigenvalue weighted by Crippen LogP contribution is 2.34. The summed E-state index contributed by atoms with van der Waals surface area (Å²) < 4.78 is 0. The van der Waals surface area contributed by atoms with E-state index in [1.54, 1.807) is 0 Å². The van der Waals surface area contributed by atoms with Crippen LogP contribution in [0.5, 0.6) is 0 Å². The first-order valence-corrected chi connectivity index (χ1v) is 8.52. The second kappa shape index (κ2) is 9.83. The largest absolute Gasteiger partial charge is 0.316 e. The van der Waals surface area contributed by atoms with Gasteiger partial charge in [-0.3, -0.25) is 0 Å². The molecule has 1 N–H and O–H groups in total. The van der Waals surface area contributed by atoms with E-state index in [0.717, 1.165) is 17.8 Å². The number of hydrogen-bond donors (Lipinski definition) is 1. The summed E-state index contributed by atoms with van der Waals surface area (Å²) in [5.41, 5.74) is 0. The molecule has 1 nitrogen and oxygen atoms in total. The highest BCUT2D eigenvalue weighted by Gasteiger charge is 2.25. The molecule has 0 radical (unpaired) electrons. The Hall–Kier alpha value is -0.0400. The quantitative estimate of drug-likeness (QED) is 0.473. The van der Waals surface area contributed by atoms with E-state index >= 15 is 0 Å². The van der Waals surface area contributed by atoms with Crippen molar-refractivity contribution in [3.63, 3.8) is 0 Å². The van der Waals surface area contributed by atoms with Gasteiger partial charge in [0, 0.05) is 0 Å². The third-order valence-electron chi connectivity index (χ3n) is 4.94. The van der Waals surface area contributed by atoms with E-state index in [-0.39, 0.29) is 0 Å². The molecule has 2 unspecified atom stereocenters. The molecule has 0 aromatic carbocycles. The number of hydrogen-bond acceptors (Lipinski definition) is 1. The van der Waals surface area contributed by atoms with Gasteiger partial charge in [0.1, 0.15) is 0 Å². The van der Waals surface area contributed by atoms with E-state index in [1.165, 1.54) is 70.9 Å². The predicted molar refractivity (Wildman–Crippen MR) is 81.9 cm³/mol. The highest BCUT2D eigenvalue weighted by molar-refractivity contribution is 4.77. The van der Waals surface area contributed by atoms with E-state index in [1.807, 2.05) is 0 Å². The summed E-state index contributed by atoms with van der Waals surface area (Å²) >= 11 is 0. The fourth-order valence-corrected chi connectivity index (χ4v) is 3.55. The smallest absolute Gasteiger partial charge is 0.00179 e. The van der Waals surface area contributed by atoms with Crippen LogP contribution in [-0.4, -0.2) is 13.1 Å². The van der Waals surface area contributed by atoms with Gasteiger partial charge in [-0.15, -0.1) is 0 Å². The summed E-state index contributed by atoms with van der Waals surface area (Å²) in [6.45, 7) is 9.49. The zero-order valence-corrected chi connectivity index (χ0v) is 13.0. The first kappa shape index (κ1) is 16.0. The van der Waals surface area contributed by atoms with E-state index in [0.29, 0.717) is 0 Å². The Labute approximate surface area is 115 Å². The van der Waals surface area contributed by atoms with E-state index < -0.39 is 0 Å². The van der Waals surface area contributed by atoms with Gasteiger partial charge >= 0.3 is 0 Å². The lowest BCUT2D eigenvalue weighted by molar-refractivity contribution is 0.238. The summed E-state index contributed by atoms with van der Waals surface area (Å²) in [7, 11) is 0. The van der Waals surface area contributed by atoms with Crippen molar-refractivity contribution >= 4 is 0 Å². The third kappa shape index (κ3) is 5.73. The van der Waals surface area contributed by atoms with Gasteiger partial charge in [0.05, 0.1) is 0 Å². The lowest BCUT2D eigenvalue weighted by atomic mass is 9.79. The van der Waals surface area contributed by atoms with Crippen molar-refractivity contribution in [2.24, 2.45) is 17.8 Å². The SMILES string of the molecule is CCCNCC1CCCCCC1CC(CC)CC. The lowest BCUT2D eigenvalue weighted by Gasteiger charge is -2.28. The first-order valence-electron chi connectivity index (χ1n) is 8.52. The molecular weight excluding hydrogens is 218 g/mol. The van der Waals surface area contributed by atoms with Crippen LogP contribution >= 0.6 is 0 Å². The summed E-state index contributed by atoms with van der Waals surface area (Å²) in [6.07, 6.45) is 12.9. The van der Waals surface area contributed by atoms with Crippen molar-refractivity contribution < 1.29 is 0 Å². The Balaban J connectivity index is 2.45. The van der Waals surface area contributed by atoms with Crippen LogP contribution in [0.3, 0.4) is 0 Å². The van der Waals surface area contributed by atoms with Crippen molar-refractivity contribution in [2.45, 2.75) is 78.6 Å². The highest BCUT2D eigenvalue weighted by atomic mass is 14.9. The minimum Gasteiger partial charge on any atom is -0.316 e. The summed E-state index contributed by atoms with van der Waals surface area (Å²) in [4.78, 5) is 0. The molecule has 0 aromatic rings. The van der Waals surface area contributed by atoms with Crippen LogP contribution in [0.15, 0.2) is 0 Å². The molecule has 1 fully saturated rings. The molecule has 1 heteroatoms. The molecule has 0 aromatic heterocycles. The van der Waals surface area contributed by atoms with E-state index in [2.05, 4.69) is 26.1 Å². The fraction of sp³-hybridized carbons (Fsp3) is 1.00. The van der Waals surface area contributed by atoms with Crippen LogP contribution in [0.4, 0.5) is 0 Å². The molecule has 0 aliphatic heterocycles. The molecular formula is C17H35N. The molecule has 1 aliphatic carbocycles. The first-order chi connectivity index (χ1) is 8.81. The monoisotopic (exact) mass is 253 g/mol. The van der Waals surface area contributed by atoms with Crippen LogP contribution in [0, 0.1) is 17.8 Å². The zero-order chi connectivity index (χ0) is 13.2. The minimum atomic E-state index is 0.958. The van der Waals surface area contributed by atoms with Gasteiger partial charge < -0.3 is 5.32 Å². The Morgan fingerprint density at radius 1 is 0.944 bits per heavy atom. The molecule has 108 valence electrons. The maximum Gasteiger partial charge on any atom is -0.00179 e. The molecule has 0 heterocycles. The van der Waals surface area contributed by atoms with Crippen LogP contribution < -0.4 is 5.32 Å². The Kier molecular flexibility index (Phi) is 8.75. The van der Waals surface area contributed by atoms with Crippen molar-refractivity contribution in [3.05, 3.63) is 0 Å². The second-order valence-corrected chi connectivity index (χ2v) is 6.28. The van der Waals surface area contributed by atoms with Gasteiger partial charge in [-0.05, 0) is 50.1 Å². The molecule has 0 spiro atoms. The topological polar surface area (TPSA) is 12.0 Å². The predicted octanol–water partition coefficient (Wildman–Crippen LogP) is 5.01. The maximum absolute atomic E-state index is 3.67. The van der Waals surface area contributed by atoms with Gasteiger partial charge in [-0.1, -0.05) is 59.3 Å². The van der Waals surface area contributed by atoms with Crippen molar-refractivity contribution in [1.29, 1.82) is 0 Å². The van der Waals surface area contributed by atoms with E-state index in [9.17, 15) is 0 Å². The fourth-order valence-electron chi connectivity index (χ4n) is 3.55. The second-order valence-electron chi connectivity index (χ2n) is 6.28. The Morgan fingerprint density at radius 2 is 1.61 bits per heavy atom. The third-order valence-corrected chi connectivity index (χ3v) is 4.94. The van der Waals surface area contributed by atoms with Gasteiger partial charge in [-0.25, -0.2) is 0 Å². The average Bonchev–Trinajstić information content (AvgIpc) is 2.62. The van der Waals surface area contributed by atoms with Crippen LogP contribution in [0.25, 0.3) is 0 Å². The molecule has 1 rings (SSSR count). The standard InChI is InChI=1S/C17H35N/c1-4-12-18-14-17-11-9-7-8-10-16(17)13-15(5-2)6-3/h15-18H,4-14H2,1-3H3. The minimum absolute atomic E-state index is 0.958. The molecule has 0 bridgehead atoms. The van der Waals surface area contributed by atoms with Crippen molar-refractivity contribution in [2.75, 3.05) is 13.1 Å². The van der Waals surface area contributed by atoms with Crippen molar-refractivity contribution in [3.8, 4) is 0 Å². The van der Waals surface area contributed by atoms with Gasteiger partial charge in [0.2, 0.25) is 0 Å². The Bertz CT molecular complexity index is 186. The number of rotatable bonds is 8. The van der Waals surface area contributed by atoms with Crippen LogP contribution in [0.1, 0.15) is 78.6 Å². The molecule has 1 saturated carbocycles. The van der Waals surface area contributed by atoms with Crippen molar-refractivity contribution in [1.82, 2.24) is 5.32 Å². The van der Waals surface area contributed by atoms with Crippen LogP contribution in [-0.2, 0) is 0 Å². The maximum atomic E-state index is 3.67. The molecule has 0 amide bonds. The molecule has 0 saturated heterocycles. The lowest BCUT2D eigenvalue weighted by Crippen LogP contribution is -2.29. The Morgan fingerprint density at radius 3 is 2.22 bits per heavy atom. The molecule has 1 aliphatic rings. The summed E-state index contributed by atoms with van der Waals surface area (Å²) in [6, 6.07) is 0. The van der Waals surface area contributed by atoms with Gasteiger partial charge in [0.15, 0.2) is 0 Å². The average molecular weight is 253 g/mol. The molecule has 18 heavy (non-hydrogen) atoms. The zero-order valence-electron chi connectivity index (χ0n) is 13.0. The molecule has 2 atom stereocenters. The van der Waals surface area contributed by atoms with Gasteiger partial charge in [0.25, 0.3) is 0 Å². The summed E-state index contributed by atoms with van der Waals surface area (Å²) in [5, 5.41) is 3.67. The summed E-state index contributed by atoms with van der Waals surface area (Å²) in [5.74, 6) is 2.93. The van der Waals surface area contributed by atoms with Gasteiger partial charge in [-0.2, -0.15) is 0 Å². The van der Waals surface area contributed by atoms with E-state index in [4.69, 9.17) is 0 Å².